The van der Waals surface area contributed by atoms with Crippen molar-refractivity contribution in [3.8, 4) is 0 Å². The van der Waals surface area contributed by atoms with E-state index in [-0.39, 0.29) is 27.9 Å². The molecule has 130 valence electrons. The van der Waals surface area contributed by atoms with E-state index in [0.29, 0.717) is 0 Å². The quantitative estimate of drug-likeness (QED) is 0.516. The van der Waals surface area contributed by atoms with E-state index in [1.165, 1.54) is 36.4 Å². The van der Waals surface area contributed by atoms with Crippen molar-refractivity contribution in [2.75, 3.05) is 5.73 Å². The molecule has 0 saturated heterocycles. The molecule has 0 bridgehead atoms. The predicted octanol–water partition coefficient (Wildman–Crippen LogP) is 1.75. The summed E-state index contributed by atoms with van der Waals surface area (Å²) in [7, 11) is 0. The lowest BCUT2D eigenvalue weighted by molar-refractivity contribution is 0.0681. The molecule has 0 spiro atoms. The van der Waals surface area contributed by atoms with Gasteiger partial charge in [0.15, 0.2) is 0 Å². The maximum Gasteiger partial charge on any atom is 0.337 e. The molecule has 6 N–H and O–H groups in total. The van der Waals surface area contributed by atoms with Gasteiger partial charge in [-0.2, -0.15) is 0 Å². The van der Waals surface area contributed by atoms with Gasteiger partial charge in [-0.25, -0.2) is 19.2 Å². The Morgan fingerprint density at radius 2 is 0.960 bits per heavy atom. The molecular formula is C16H13NO8. The first-order chi connectivity index (χ1) is 11.6. The molecule has 0 fully saturated rings. The zero-order valence-corrected chi connectivity index (χ0v) is 12.5. The minimum absolute atomic E-state index is 0.0255. The summed E-state index contributed by atoms with van der Waals surface area (Å²) in [5.74, 6) is -4.43. The van der Waals surface area contributed by atoms with Gasteiger partial charge >= 0.3 is 23.9 Å². The molecule has 0 heterocycles. The third-order valence-corrected chi connectivity index (χ3v) is 2.91. The van der Waals surface area contributed by atoms with Crippen LogP contribution in [0.5, 0.6) is 0 Å². The van der Waals surface area contributed by atoms with Gasteiger partial charge in [0.25, 0.3) is 0 Å². The number of carboxylic acid groups (broad SMARTS) is 4. The summed E-state index contributed by atoms with van der Waals surface area (Å²) in [6.45, 7) is 0. The highest BCUT2D eigenvalue weighted by Gasteiger charge is 2.10. The normalized spacial score (nSPS) is 9.44. The summed E-state index contributed by atoms with van der Waals surface area (Å²) in [5.41, 5.74) is 5.32. The first-order valence-electron chi connectivity index (χ1n) is 6.56. The number of carbonyl (C=O) groups is 4. The Bertz CT molecular complexity index is 794. The predicted molar refractivity (Wildman–Crippen MR) is 85.1 cm³/mol. The molecule has 0 radical (unpaired) electrons. The Kier molecular flexibility index (Phi) is 6.22. The summed E-state index contributed by atoms with van der Waals surface area (Å²) in [5, 5.41) is 34.0. The second-order valence-corrected chi connectivity index (χ2v) is 4.60. The summed E-state index contributed by atoms with van der Waals surface area (Å²) in [6, 6.07) is 8.50. The number of aromatic carboxylic acids is 4. The fourth-order valence-electron chi connectivity index (χ4n) is 1.65. The number of rotatable bonds is 4. The van der Waals surface area contributed by atoms with Gasteiger partial charge in [-0.1, -0.05) is 0 Å². The molecule has 0 atom stereocenters. The summed E-state index contributed by atoms with van der Waals surface area (Å²) < 4.78 is 0. The Balaban J connectivity index is 0.000000251. The highest BCUT2D eigenvalue weighted by molar-refractivity contribution is 5.97. The third kappa shape index (κ3) is 5.36. The van der Waals surface area contributed by atoms with Crippen molar-refractivity contribution >= 4 is 29.6 Å². The Labute approximate surface area is 140 Å². The highest BCUT2D eigenvalue weighted by Crippen LogP contribution is 2.14. The Morgan fingerprint density at radius 1 is 0.600 bits per heavy atom. The number of carboxylic acids is 4. The average molecular weight is 347 g/mol. The highest BCUT2D eigenvalue weighted by atomic mass is 16.4. The molecule has 9 nitrogen and oxygen atoms in total. The molecule has 0 aliphatic rings. The number of benzene rings is 2. The van der Waals surface area contributed by atoms with Crippen molar-refractivity contribution in [3.05, 3.63) is 64.7 Å². The molecule has 9 heteroatoms. The van der Waals surface area contributed by atoms with Crippen LogP contribution in [-0.2, 0) is 0 Å². The lowest BCUT2D eigenvalue weighted by atomic mass is 10.1. The van der Waals surface area contributed by atoms with Crippen molar-refractivity contribution in [2.24, 2.45) is 0 Å². The monoisotopic (exact) mass is 347 g/mol. The molecular weight excluding hydrogens is 334 g/mol. The van der Waals surface area contributed by atoms with E-state index >= 15 is 0 Å². The Morgan fingerprint density at radius 3 is 1.24 bits per heavy atom. The fourth-order valence-corrected chi connectivity index (χ4v) is 1.65. The van der Waals surface area contributed by atoms with Gasteiger partial charge in [0.2, 0.25) is 0 Å². The lowest BCUT2D eigenvalue weighted by Gasteiger charge is -2.00. The van der Waals surface area contributed by atoms with Gasteiger partial charge in [-0.3, -0.25) is 0 Å². The molecule has 2 rings (SSSR count). The number of hydrogen-bond acceptors (Lipinski definition) is 5. The molecule has 0 unspecified atom stereocenters. The van der Waals surface area contributed by atoms with Crippen LogP contribution in [0.1, 0.15) is 41.4 Å². The molecule has 0 saturated carbocycles. The van der Waals surface area contributed by atoms with Gasteiger partial charge in [-0.05, 0) is 42.5 Å². The molecule has 0 aromatic heterocycles. The average Bonchev–Trinajstić information content (AvgIpc) is 2.54. The SMILES string of the molecule is Nc1cc(C(=O)O)ccc1C(=O)O.O=C(O)c1ccc(C(=O)O)cc1. The molecule has 0 aliphatic carbocycles. The largest absolute Gasteiger partial charge is 0.478 e. The van der Waals surface area contributed by atoms with E-state index in [2.05, 4.69) is 0 Å². The van der Waals surface area contributed by atoms with Crippen LogP contribution in [0.3, 0.4) is 0 Å². The molecule has 2 aromatic rings. The summed E-state index contributed by atoms with van der Waals surface area (Å²) >= 11 is 0. The maximum atomic E-state index is 10.5. The molecule has 2 aromatic carbocycles. The zero-order valence-electron chi connectivity index (χ0n) is 12.5. The van der Waals surface area contributed by atoms with E-state index in [1.807, 2.05) is 0 Å². The molecule has 0 amide bonds. The number of nitrogens with two attached hydrogens (primary N) is 1. The van der Waals surface area contributed by atoms with E-state index in [9.17, 15) is 19.2 Å². The minimum atomic E-state index is -1.17. The van der Waals surface area contributed by atoms with Crippen LogP contribution >= 0.6 is 0 Å². The lowest BCUT2D eigenvalue weighted by Crippen LogP contribution is -2.05. The number of anilines is 1. The molecule has 0 aliphatic heterocycles. The third-order valence-electron chi connectivity index (χ3n) is 2.91. The van der Waals surface area contributed by atoms with Crippen molar-refractivity contribution in [2.45, 2.75) is 0 Å². The van der Waals surface area contributed by atoms with E-state index in [1.54, 1.807) is 0 Å². The first-order valence-corrected chi connectivity index (χ1v) is 6.56. The van der Waals surface area contributed by atoms with Crippen LogP contribution in [0.25, 0.3) is 0 Å². The van der Waals surface area contributed by atoms with Crippen LogP contribution < -0.4 is 5.73 Å². The van der Waals surface area contributed by atoms with Crippen molar-refractivity contribution in [1.82, 2.24) is 0 Å². The van der Waals surface area contributed by atoms with E-state index in [0.717, 1.165) is 6.07 Å². The van der Waals surface area contributed by atoms with E-state index < -0.39 is 23.9 Å². The first kappa shape index (κ1) is 19.2. The second kappa shape index (κ2) is 8.11. The van der Waals surface area contributed by atoms with Gasteiger partial charge in [0, 0.05) is 5.69 Å². The van der Waals surface area contributed by atoms with Gasteiger partial charge < -0.3 is 26.2 Å². The number of nitrogen functional groups attached to an aromatic ring is 1. The van der Waals surface area contributed by atoms with Crippen molar-refractivity contribution < 1.29 is 39.6 Å². The smallest absolute Gasteiger partial charge is 0.337 e. The summed E-state index contributed by atoms with van der Waals surface area (Å²) in [6.07, 6.45) is 0. The zero-order chi connectivity index (χ0) is 19.1. The minimum Gasteiger partial charge on any atom is -0.478 e. The van der Waals surface area contributed by atoms with Gasteiger partial charge in [-0.15, -0.1) is 0 Å². The van der Waals surface area contributed by atoms with Crippen LogP contribution in [0.15, 0.2) is 42.5 Å². The fraction of sp³-hybridized carbons (Fsp3) is 0. The number of hydrogen-bond donors (Lipinski definition) is 5. The van der Waals surface area contributed by atoms with Crippen LogP contribution in [-0.4, -0.2) is 44.3 Å². The molecule has 25 heavy (non-hydrogen) atoms. The van der Waals surface area contributed by atoms with Gasteiger partial charge in [0.1, 0.15) is 0 Å². The van der Waals surface area contributed by atoms with Crippen molar-refractivity contribution in [1.29, 1.82) is 0 Å². The second-order valence-electron chi connectivity index (χ2n) is 4.60. The van der Waals surface area contributed by atoms with Crippen LogP contribution in [0.2, 0.25) is 0 Å². The van der Waals surface area contributed by atoms with Crippen molar-refractivity contribution in [3.63, 3.8) is 0 Å². The standard InChI is InChI=1S/C8H7NO4.C8H6O4/c9-6-3-4(7(10)11)1-2-5(6)8(12)13;9-7(10)5-1-2-6(4-3-5)8(11)12/h1-3H,9H2,(H,10,11)(H,12,13);1-4H,(H,9,10)(H,11,12). The maximum absolute atomic E-state index is 10.5. The summed E-state index contributed by atoms with van der Waals surface area (Å²) in [4.78, 5) is 41.6. The van der Waals surface area contributed by atoms with Crippen LogP contribution in [0.4, 0.5) is 5.69 Å². The van der Waals surface area contributed by atoms with Crippen LogP contribution in [0, 0.1) is 0 Å². The topological polar surface area (TPSA) is 175 Å². The van der Waals surface area contributed by atoms with Gasteiger partial charge in [0.05, 0.1) is 22.3 Å². The van der Waals surface area contributed by atoms with E-state index in [4.69, 9.17) is 26.2 Å². The Hall–Kier alpha value is -3.88.